The van der Waals surface area contributed by atoms with Crippen molar-refractivity contribution >= 4 is 29.1 Å². The van der Waals surface area contributed by atoms with Gasteiger partial charge in [0.1, 0.15) is 5.69 Å². The topological polar surface area (TPSA) is 62.6 Å². The first-order valence-electron chi connectivity index (χ1n) is 9.90. The highest BCUT2D eigenvalue weighted by atomic mass is 35.5. The molecule has 0 saturated carbocycles. The molecule has 1 fully saturated rings. The number of halogens is 2. The van der Waals surface area contributed by atoms with Gasteiger partial charge in [0.2, 0.25) is 0 Å². The van der Waals surface area contributed by atoms with E-state index in [9.17, 15) is 4.79 Å². The maximum absolute atomic E-state index is 13.2. The Hall–Kier alpha value is -2.58. The van der Waals surface area contributed by atoms with E-state index in [2.05, 4.69) is 22.5 Å². The summed E-state index contributed by atoms with van der Waals surface area (Å²) in [5.41, 5.74) is 5.21. The molecule has 4 rings (SSSR count). The number of piperazine rings is 1. The lowest BCUT2D eigenvalue weighted by atomic mass is 10.1. The van der Waals surface area contributed by atoms with Gasteiger partial charge in [-0.25, -0.2) is 9.69 Å². The van der Waals surface area contributed by atoms with Crippen molar-refractivity contribution in [2.24, 2.45) is 0 Å². The Balaban J connectivity index is 1.79. The molecule has 3 aromatic rings. The second kappa shape index (κ2) is 9.28. The van der Waals surface area contributed by atoms with Crippen molar-refractivity contribution < 1.29 is 9.53 Å². The van der Waals surface area contributed by atoms with Crippen LogP contribution in [0.2, 0.25) is 10.0 Å². The van der Waals surface area contributed by atoms with Crippen molar-refractivity contribution in [3.05, 3.63) is 64.3 Å². The first kappa shape index (κ1) is 21.6. The fraction of sp³-hybridized carbons (Fsp3) is 0.273. The van der Waals surface area contributed by atoms with E-state index in [0.717, 1.165) is 31.7 Å². The molecule has 1 aliphatic rings. The van der Waals surface area contributed by atoms with Crippen LogP contribution in [-0.4, -0.2) is 65.9 Å². The van der Waals surface area contributed by atoms with Crippen LogP contribution in [0.25, 0.3) is 16.9 Å². The van der Waals surface area contributed by atoms with Gasteiger partial charge in [0.25, 0.3) is 5.91 Å². The molecule has 1 aliphatic heterocycles. The predicted molar refractivity (Wildman–Crippen MR) is 122 cm³/mol. The Labute approximate surface area is 191 Å². The summed E-state index contributed by atoms with van der Waals surface area (Å²) in [5.74, 6) is 0.0382. The number of benzene rings is 2. The maximum Gasteiger partial charge on any atom is 0.289 e. The number of amides is 1. The number of hydrazine groups is 1. The smallest absolute Gasteiger partial charge is 0.289 e. The Bertz CT molecular complexity index is 1080. The molecular weight excluding hydrogens is 437 g/mol. The van der Waals surface area contributed by atoms with E-state index in [4.69, 9.17) is 27.9 Å². The third-order valence-electron chi connectivity index (χ3n) is 5.22. The summed E-state index contributed by atoms with van der Waals surface area (Å²) < 4.78 is 7.33. The zero-order valence-corrected chi connectivity index (χ0v) is 18.8. The number of hydrogen-bond acceptors (Lipinski definition) is 5. The molecule has 0 bridgehead atoms. The van der Waals surface area contributed by atoms with Gasteiger partial charge in [0, 0.05) is 36.8 Å². The lowest BCUT2D eigenvalue weighted by Crippen LogP contribution is -2.52. The van der Waals surface area contributed by atoms with Crippen LogP contribution in [0.5, 0.6) is 5.75 Å². The van der Waals surface area contributed by atoms with Gasteiger partial charge in [0.05, 0.1) is 17.8 Å². The third-order valence-corrected chi connectivity index (χ3v) is 5.79. The summed E-state index contributed by atoms with van der Waals surface area (Å²) in [5, 5.41) is 7.64. The van der Waals surface area contributed by atoms with Gasteiger partial charge in [-0.15, -0.1) is 0 Å². The molecule has 0 aliphatic carbocycles. The van der Waals surface area contributed by atoms with E-state index in [1.165, 1.54) is 7.11 Å². The first-order chi connectivity index (χ1) is 15.0. The number of ether oxygens (including phenoxy) is 1. The molecule has 0 spiro atoms. The molecule has 1 saturated heterocycles. The fourth-order valence-electron chi connectivity index (χ4n) is 3.52. The number of carbonyl (C=O) groups is 1. The van der Waals surface area contributed by atoms with Gasteiger partial charge in [-0.1, -0.05) is 47.5 Å². The monoisotopic (exact) mass is 459 g/mol. The van der Waals surface area contributed by atoms with Gasteiger partial charge in [-0.3, -0.25) is 10.2 Å². The average molecular weight is 460 g/mol. The second-order valence-corrected chi connectivity index (χ2v) is 8.18. The van der Waals surface area contributed by atoms with Gasteiger partial charge in [-0.2, -0.15) is 5.10 Å². The van der Waals surface area contributed by atoms with E-state index in [-0.39, 0.29) is 11.6 Å². The van der Waals surface area contributed by atoms with Crippen LogP contribution < -0.4 is 10.2 Å². The zero-order chi connectivity index (χ0) is 22.0. The average Bonchev–Trinajstić information content (AvgIpc) is 3.16. The number of para-hydroxylation sites is 1. The van der Waals surface area contributed by atoms with Crippen LogP contribution in [0.3, 0.4) is 0 Å². The van der Waals surface area contributed by atoms with Crippen LogP contribution in [0, 0.1) is 0 Å². The van der Waals surface area contributed by atoms with Crippen LogP contribution in [0.1, 0.15) is 10.5 Å². The number of nitrogens with one attached hydrogen (secondary N) is 1. The summed E-state index contributed by atoms with van der Waals surface area (Å²) in [7, 11) is 3.59. The van der Waals surface area contributed by atoms with Crippen molar-refractivity contribution in [3.8, 4) is 22.7 Å². The van der Waals surface area contributed by atoms with Crippen molar-refractivity contribution in [2.45, 2.75) is 0 Å². The van der Waals surface area contributed by atoms with Crippen molar-refractivity contribution in [1.29, 1.82) is 0 Å². The largest absolute Gasteiger partial charge is 0.492 e. The number of hydrogen-bond donors (Lipinski definition) is 1. The van der Waals surface area contributed by atoms with Gasteiger partial charge < -0.3 is 9.64 Å². The Kier molecular flexibility index (Phi) is 6.48. The van der Waals surface area contributed by atoms with Gasteiger partial charge in [-0.05, 0) is 31.3 Å². The van der Waals surface area contributed by atoms with E-state index >= 15 is 0 Å². The summed E-state index contributed by atoms with van der Waals surface area (Å²) in [4.78, 5) is 15.4. The predicted octanol–water partition coefficient (Wildman–Crippen LogP) is 3.75. The molecular formula is C22H23Cl2N5O2. The summed E-state index contributed by atoms with van der Waals surface area (Å²) in [6.07, 6.45) is 0. The molecule has 162 valence electrons. The second-order valence-electron chi connectivity index (χ2n) is 7.33. The SMILES string of the molecule is COc1c(C(=O)NN2CCN(C)CC2)nn(-c2ccccc2Cl)c1-c1ccc(Cl)cc1. The Morgan fingerprint density at radius 1 is 1.03 bits per heavy atom. The number of rotatable bonds is 5. The first-order valence-corrected chi connectivity index (χ1v) is 10.7. The number of methoxy groups -OCH3 is 1. The molecule has 1 N–H and O–H groups in total. The molecule has 0 radical (unpaired) electrons. The molecule has 1 amide bonds. The minimum atomic E-state index is -0.331. The molecule has 9 heteroatoms. The van der Waals surface area contributed by atoms with Crippen LogP contribution in [0.15, 0.2) is 48.5 Å². The minimum absolute atomic E-state index is 0.186. The third kappa shape index (κ3) is 4.55. The Morgan fingerprint density at radius 2 is 1.71 bits per heavy atom. The minimum Gasteiger partial charge on any atom is -0.492 e. The molecule has 1 aromatic heterocycles. The van der Waals surface area contributed by atoms with Gasteiger partial charge in [0.15, 0.2) is 11.4 Å². The quantitative estimate of drug-likeness (QED) is 0.629. The van der Waals surface area contributed by atoms with Gasteiger partial charge >= 0.3 is 0 Å². The summed E-state index contributed by atoms with van der Waals surface area (Å²) >= 11 is 12.5. The summed E-state index contributed by atoms with van der Waals surface area (Å²) in [6, 6.07) is 14.6. The van der Waals surface area contributed by atoms with Crippen molar-refractivity contribution in [2.75, 3.05) is 40.3 Å². The van der Waals surface area contributed by atoms with Crippen LogP contribution in [0.4, 0.5) is 0 Å². The highest BCUT2D eigenvalue weighted by Crippen LogP contribution is 2.37. The maximum atomic E-state index is 13.2. The highest BCUT2D eigenvalue weighted by molar-refractivity contribution is 6.32. The molecule has 0 atom stereocenters. The summed E-state index contributed by atoms with van der Waals surface area (Å²) in [6.45, 7) is 3.22. The zero-order valence-electron chi connectivity index (χ0n) is 17.3. The van der Waals surface area contributed by atoms with Crippen molar-refractivity contribution in [3.63, 3.8) is 0 Å². The van der Waals surface area contributed by atoms with Crippen LogP contribution >= 0.6 is 23.2 Å². The number of likely N-dealkylation sites (N-methyl/N-ethyl adjacent to an activating group) is 1. The molecule has 7 nitrogen and oxygen atoms in total. The van der Waals surface area contributed by atoms with E-state index in [0.29, 0.717) is 27.2 Å². The Morgan fingerprint density at radius 3 is 2.35 bits per heavy atom. The number of nitrogens with zero attached hydrogens (tertiary/aromatic N) is 4. The number of carbonyl (C=O) groups excluding carboxylic acids is 1. The molecule has 2 aromatic carbocycles. The molecule has 2 heterocycles. The normalized spacial score (nSPS) is 15.1. The lowest BCUT2D eigenvalue weighted by Gasteiger charge is -2.32. The highest BCUT2D eigenvalue weighted by Gasteiger charge is 2.28. The van der Waals surface area contributed by atoms with Crippen molar-refractivity contribution in [1.82, 2.24) is 25.1 Å². The van der Waals surface area contributed by atoms with Crippen LogP contribution in [-0.2, 0) is 0 Å². The standard InChI is InChI=1S/C22H23Cl2N5O2/c1-27-11-13-28(14-12-27)26-22(30)19-21(31-2)20(15-7-9-16(23)10-8-15)29(25-19)18-6-4-3-5-17(18)24/h3-10H,11-14H2,1-2H3,(H,26,30). The number of aromatic nitrogens is 2. The van der Waals surface area contributed by atoms with E-state index in [1.807, 2.05) is 35.3 Å². The van der Waals surface area contributed by atoms with E-state index in [1.54, 1.807) is 22.9 Å². The fourth-order valence-corrected chi connectivity index (χ4v) is 3.86. The molecule has 0 unspecified atom stereocenters. The lowest BCUT2D eigenvalue weighted by molar-refractivity contribution is 0.0654. The van der Waals surface area contributed by atoms with E-state index < -0.39 is 0 Å². The molecule has 31 heavy (non-hydrogen) atoms.